The number of hydrogen-bond acceptors (Lipinski definition) is 6. The van der Waals surface area contributed by atoms with Gasteiger partial charge in [0, 0.05) is 30.8 Å². The Morgan fingerprint density at radius 1 is 1.06 bits per heavy atom. The van der Waals surface area contributed by atoms with Crippen LogP contribution in [0.15, 0.2) is 64.1 Å². The number of fused-ring (bicyclic) bond motifs is 1. The van der Waals surface area contributed by atoms with Crippen molar-refractivity contribution in [3.63, 3.8) is 0 Å². The number of piperidine rings is 1. The first-order valence-corrected chi connectivity index (χ1v) is 13.0. The molecule has 35 heavy (non-hydrogen) atoms. The number of rotatable bonds is 5. The van der Waals surface area contributed by atoms with E-state index in [0.29, 0.717) is 40.0 Å². The molecule has 2 N–H and O–H groups in total. The Morgan fingerprint density at radius 2 is 1.74 bits per heavy atom. The molecule has 5 rings (SSSR count). The number of aromatic nitrogens is 3. The smallest absolute Gasteiger partial charge is 0.248 e. The van der Waals surface area contributed by atoms with E-state index in [-0.39, 0.29) is 24.9 Å². The van der Waals surface area contributed by atoms with Gasteiger partial charge in [-0.2, -0.15) is 13.9 Å². The van der Waals surface area contributed by atoms with Gasteiger partial charge in [-0.1, -0.05) is 18.2 Å². The molecule has 1 fully saturated rings. The van der Waals surface area contributed by atoms with Crippen molar-refractivity contribution in [1.29, 1.82) is 0 Å². The second kappa shape index (κ2) is 9.17. The van der Waals surface area contributed by atoms with E-state index in [1.807, 2.05) is 0 Å². The zero-order chi connectivity index (χ0) is 24.7. The van der Waals surface area contributed by atoms with Crippen molar-refractivity contribution in [3.05, 3.63) is 70.8 Å². The third kappa shape index (κ3) is 4.37. The molecule has 1 aliphatic heterocycles. The number of para-hydroxylation sites is 1. The molecule has 0 spiro atoms. The molecular formula is C23H20BrF2N5O3S. The van der Waals surface area contributed by atoms with Crippen molar-refractivity contribution in [2.45, 2.75) is 23.8 Å². The van der Waals surface area contributed by atoms with Crippen LogP contribution in [0.3, 0.4) is 0 Å². The van der Waals surface area contributed by atoms with Crippen molar-refractivity contribution < 1.29 is 22.3 Å². The Balaban J connectivity index is 1.39. The van der Waals surface area contributed by atoms with Gasteiger partial charge in [-0.05, 0) is 53.0 Å². The molecule has 4 aromatic rings. The molecule has 0 unspecified atom stereocenters. The summed E-state index contributed by atoms with van der Waals surface area (Å²) in [7, 11) is -4.30. The van der Waals surface area contributed by atoms with Crippen molar-refractivity contribution in [1.82, 2.24) is 18.9 Å². The minimum Gasteiger partial charge on any atom is -0.507 e. The maximum atomic E-state index is 14.1. The second-order valence-corrected chi connectivity index (χ2v) is 10.9. The number of benzene rings is 2. The van der Waals surface area contributed by atoms with E-state index in [9.17, 15) is 22.3 Å². The summed E-state index contributed by atoms with van der Waals surface area (Å²) in [5.74, 6) is -1.51. The SMILES string of the molecule is O=S(=O)(c1c(F)cccc1F)N1CCC(Nc2cc(-c3ccccc3O)nc3c(Br)cnn23)CC1. The topological polar surface area (TPSA) is 99.8 Å². The molecule has 2 aromatic heterocycles. The first-order chi connectivity index (χ1) is 16.8. The highest BCUT2D eigenvalue weighted by molar-refractivity contribution is 9.10. The monoisotopic (exact) mass is 563 g/mol. The molecule has 0 bridgehead atoms. The Labute approximate surface area is 208 Å². The molecule has 0 radical (unpaired) electrons. The van der Waals surface area contributed by atoms with Gasteiger partial charge in [0.1, 0.15) is 23.2 Å². The summed E-state index contributed by atoms with van der Waals surface area (Å²) >= 11 is 3.44. The van der Waals surface area contributed by atoms with Crippen LogP contribution in [0.2, 0.25) is 0 Å². The first-order valence-electron chi connectivity index (χ1n) is 10.8. The number of nitrogens with zero attached hydrogens (tertiary/aromatic N) is 4. The number of anilines is 1. The number of hydrogen-bond donors (Lipinski definition) is 2. The summed E-state index contributed by atoms with van der Waals surface area (Å²) in [5, 5.41) is 18.0. The molecule has 1 aliphatic rings. The zero-order valence-corrected chi connectivity index (χ0v) is 20.6. The van der Waals surface area contributed by atoms with Crippen LogP contribution >= 0.6 is 15.9 Å². The molecule has 1 saturated heterocycles. The van der Waals surface area contributed by atoms with Gasteiger partial charge in [0.25, 0.3) is 0 Å². The molecule has 0 aliphatic carbocycles. The van der Waals surface area contributed by atoms with Gasteiger partial charge in [0.15, 0.2) is 10.5 Å². The van der Waals surface area contributed by atoms with Crippen LogP contribution in [0.25, 0.3) is 16.9 Å². The molecule has 3 heterocycles. The molecule has 8 nitrogen and oxygen atoms in total. The molecule has 12 heteroatoms. The normalized spacial score (nSPS) is 15.5. The third-order valence-electron chi connectivity index (χ3n) is 5.93. The minimum absolute atomic E-state index is 0.0878. The molecule has 2 aromatic carbocycles. The molecular weight excluding hydrogens is 544 g/mol. The minimum atomic E-state index is -4.30. The van der Waals surface area contributed by atoms with Gasteiger partial charge < -0.3 is 10.4 Å². The fourth-order valence-electron chi connectivity index (χ4n) is 4.17. The van der Waals surface area contributed by atoms with E-state index in [0.717, 1.165) is 22.5 Å². The Kier molecular flexibility index (Phi) is 6.20. The average molecular weight is 564 g/mol. The quantitative estimate of drug-likeness (QED) is 0.373. The van der Waals surface area contributed by atoms with Gasteiger partial charge in [0.2, 0.25) is 10.0 Å². The van der Waals surface area contributed by atoms with Crippen molar-refractivity contribution in [2.75, 3.05) is 18.4 Å². The van der Waals surface area contributed by atoms with Crippen LogP contribution in [0.5, 0.6) is 5.75 Å². The van der Waals surface area contributed by atoms with E-state index >= 15 is 0 Å². The lowest BCUT2D eigenvalue weighted by Crippen LogP contribution is -2.43. The van der Waals surface area contributed by atoms with Crippen LogP contribution in [0, 0.1) is 11.6 Å². The fourth-order valence-corrected chi connectivity index (χ4v) is 6.10. The van der Waals surface area contributed by atoms with Gasteiger partial charge in [-0.3, -0.25) is 0 Å². The van der Waals surface area contributed by atoms with E-state index in [4.69, 9.17) is 0 Å². The van der Waals surface area contributed by atoms with Gasteiger partial charge >= 0.3 is 0 Å². The van der Waals surface area contributed by atoms with Crippen LogP contribution < -0.4 is 5.32 Å². The number of phenols is 1. The highest BCUT2D eigenvalue weighted by Crippen LogP contribution is 2.32. The van der Waals surface area contributed by atoms with E-state index in [1.54, 1.807) is 41.0 Å². The van der Waals surface area contributed by atoms with Crippen LogP contribution in [-0.4, -0.2) is 51.6 Å². The molecule has 0 atom stereocenters. The first kappa shape index (κ1) is 23.6. The Morgan fingerprint density at radius 3 is 2.43 bits per heavy atom. The third-order valence-corrected chi connectivity index (χ3v) is 8.44. The zero-order valence-electron chi connectivity index (χ0n) is 18.2. The summed E-state index contributed by atoms with van der Waals surface area (Å²) in [6.07, 6.45) is 2.43. The van der Waals surface area contributed by atoms with Gasteiger partial charge in [-0.15, -0.1) is 0 Å². The van der Waals surface area contributed by atoms with Crippen LogP contribution in [-0.2, 0) is 10.0 Å². The summed E-state index contributed by atoms with van der Waals surface area (Å²) in [5.41, 5.74) is 1.64. The van der Waals surface area contributed by atoms with Crippen LogP contribution in [0.4, 0.5) is 14.6 Å². The highest BCUT2D eigenvalue weighted by Gasteiger charge is 2.34. The molecule has 0 amide bonds. The fraction of sp³-hybridized carbons (Fsp3) is 0.217. The summed E-state index contributed by atoms with van der Waals surface area (Å²) in [4.78, 5) is 3.69. The maximum Gasteiger partial charge on any atom is 0.248 e. The predicted molar refractivity (Wildman–Crippen MR) is 130 cm³/mol. The summed E-state index contributed by atoms with van der Waals surface area (Å²) < 4.78 is 57.4. The van der Waals surface area contributed by atoms with E-state index in [1.165, 1.54) is 0 Å². The Bertz CT molecular complexity index is 1500. The predicted octanol–water partition coefficient (Wildman–Crippen LogP) is 4.41. The number of phenolic OH excluding ortho intramolecular Hbond substituents is 1. The number of halogens is 3. The maximum absolute atomic E-state index is 14.1. The number of aromatic hydroxyl groups is 1. The average Bonchev–Trinajstić information content (AvgIpc) is 3.20. The number of nitrogens with one attached hydrogen (secondary N) is 1. The molecule has 182 valence electrons. The lowest BCUT2D eigenvalue weighted by molar-refractivity contribution is 0.326. The standard InChI is InChI=1S/C23H20BrF2N5O3S/c24-16-13-27-31-21(12-19(29-23(16)31)15-4-1-2-7-20(15)32)28-14-8-10-30(11-9-14)35(33,34)22-17(25)5-3-6-18(22)26/h1-7,12-14,28,32H,8-11H2. The van der Waals surface area contributed by atoms with Crippen LogP contribution in [0.1, 0.15) is 12.8 Å². The summed E-state index contributed by atoms with van der Waals surface area (Å²) in [6, 6.07) is 11.5. The lowest BCUT2D eigenvalue weighted by Gasteiger charge is -2.32. The largest absolute Gasteiger partial charge is 0.507 e. The van der Waals surface area contributed by atoms with Gasteiger partial charge in [0.05, 0.1) is 16.4 Å². The summed E-state index contributed by atoms with van der Waals surface area (Å²) in [6.45, 7) is 0.189. The van der Waals surface area contributed by atoms with Gasteiger partial charge in [-0.25, -0.2) is 22.2 Å². The van der Waals surface area contributed by atoms with Crippen molar-refractivity contribution in [3.8, 4) is 17.0 Å². The van der Waals surface area contributed by atoms with Crippen molar-refractivity contribution in [2.24, 2.45) is 0 Å². The van der Waals surface area contributed by atoms with Crippen molar-refractivity contribution >= 4 is 37.4 Å². The second-order valence-electron chi connectivity index (χ2n) is 8.15. The lowest BCUT2D eigenvalue weighted by atomic mass is 10.1. The van der Waals surface area contributed by atoms with E-state index < -0.39 is 26.6 Å². The number of sulfonamides is 1. The highest BCUT2D eigenvalue weighted by atomic mass is 79.9. The van der Waals surface area contributed by atoms with E-state index in [2.05, 4.69) is 31.3 Å². The Hall–Kier alpha value is -3.09. The molecule has 0 saturated carbocycles.